The van der Waals surface area contributed by atoms with E-state index in [-0.39, 0.29) is 23.1 Å². The van der Waals surface area contributed by atoms with Gasteiger partial charge in [0.25, 0.3) is 11.5 Å². The van der Waals surface area contributed by atoms with Crippen molar-refractivity contribution in [3.63, 3.8) is 0 Å². The maximum Gasteiger partial charge on any atom is 0.274 e. The molecule has 4 rings (SSSR count). The number of hydrogen-bond donors (Lipinski definition) is 1. The zero-order valence-corrected chi connectivity index (χ0v) is 18.4. The van der Waals surface area contributed by atoms with Gasteiger partial charge in [-0.2, -0.15) is 5.10 Å². The maximum absolute atomic E-state index is 12.8. The Labute approximate surface area is 188 Å². The van der Waals surface area contributed by atoms with Gasteiger partial charge in [0.2, 0.25) is 5.91 Å². The molecular weight excluding hydrogens is 406 g/mol. The zero-order valence-electron chi connectivity index (χ0n) is 18.4. The van der Waals surface area contributed by atoms with Gasteiger partial charge in [-0.25, -0.2) is 5.10 Å². The number of H-pyrrole nitrogens is 1. The summed E-state index contributed by atoms with van der Waals surface area (Å²) in [7, 11) is 0. The number of nitrogens with one attached hydrogen (secondary N) is 1. The lowest BCUT2D eigenvalue weighted by Crippen LogP contribution is -2.48. The van der Waals surface area contributed by atoms with Crippen LogP contribution in [-0.4, -0.2) is 76.0 Å². The third kappa shape index (κ3) is 5.82. The van der Waals surface area contributed by atoms with Gasteiger partial charge in [0, 0.05) is 58.3 Å². The molecule has 0 saturated carbocycles. The molecule has 1 aromatic heterocycles. The molecule has 2 saturated heterocycles. The minimum atomic E-state index is -0.322. The number of piperazine rings is 1. The predicted octanol–water partition coefficient (Wildman–Crippen LogP) is 1.75. The highest BCUT2D eigenvalue weighted by Gasteiger charge is 2.27. The monoisotopic (exact) mass is 437 g/mol. The van der Waals surface area contributed by atoms with E-state index in [4.69, 9.17) is 0 Å². The van der Waals surface area contributed by atoms with E-state index in [1.807, 2.05) is 11.0 Å². The molecular formula is C24H31N5O3. The van der Waals surface area contributed by atoms with E-state index < -0.39 is 0 Å². The number of piperidine rings is 1. The minimum absolute atomic E-state index is 0.160. The molecule has 0 bridgehead atoms. The molecule has 0 aliphatic carbocycles. The van der Waals surface area contributed by atoms with Gasteiger partial charge in [-0.3, -0.25) is 19.3 Å². The highest BCUT2D eigenvalue weighted by molar-refractivity contribution is 5.92. The fourth-order valence-electron chi connectivity index (χ4n) is 4.59. The van der Waals surface area contributed by atoms with E-state index >= 15 is 0 Å². The van der Waals surface area contributed by atoms with Gasteiger partial charge in [-0.05, 0) is 36.8 Å². The van der Waals surface area contributed by atoms with Crippen molar-refractivity contribution in [2.45, 2.75) is 32.2 Å². The normalized spacial score (nSPS) is 19.7. The first-order valence-corrected chi connectivity index (χ1v) is 11.5. The topological polar surface area (TPSA) is 89.6 Å². The van der Waals surface area contributed by atoms with Crippen LogP contribution in [0.3, 0.4) is 0 Å². The summed E-state index contributed by atoms with van der Waals surface area (Å²) in [6.45, 7) is 5.61. The lowest BCUT2D eigenvalue weighted by molar-refractivity contribution is -0.133. The molecule has 2 amide bonds. The van der Waals surface area contributed by atoms with Crippen molar-refractivity contribution < 1.29 is 9.59 Å². The van der Waals surface area contributed by atoms with Crippen LogP contribution in [0.15, 0.2) is 47.3 Å². The molecule has 2 fully saturated rings. The largest absolute Gasteiger partial charge is 0.340 e. The van der Waals surface area contributed by atoms with Crippen LogP contribution < -0.4 is 5.56 Å². The van der Waals surface area contributed by atoms with Gasteiger partial charge in [-0.1, -0.05) is 30.3 Å². The summed E-state index contributed by atoms with van der Waals surface area (Å²) in [4.78, 5) is 42.8. The first-order valence-electron chi connectivity index (χ1n) is 11.5. The average Bonchev–Trinajstić information content (AvgIpc) is 2.84. The summed E-state index contributed by atoms with van der Waals surface area (Å²) >= 11 is 0. The van der Waals surface area contributed by atoms with Crippen molar-refractivity contribution in [2.75, 3.05) is 39.3 Å². The van der Waals surface area contributed by atoms with E-state index in [1.165, 1.54) is 17.7 Å². The van der Waals surface area contributed by atoms with Crippen LogP contribution in [0.2, 0.25) is 0 Å². The van der Waals surface area contributed by atoms with Crippen LogP contribution >= 0.6 is 0 Å². The van der Waals surface area contributed by atoms with Gasteiger partial charge < -0.3 is 9.80 Å². The highest BCUT2D eigenvalue weighted by Crippen LogP contribution is 2.23. The number of nitrogens with zero attached hydrogens (tertiary/aromatic N) is 4. The Hall–Kier alpha value is -3.00. The number of carbonyl (C=O) groups is 2. The number of carbonyl (C=O) groups excluding carboxylic acids is 2. The summed E-state index contributed by atoms with van der Waals surface area (Å²) in [5.41, 5.74) is 1.24. The van der Waals surface area contributed by atoms with Crippen LogP contribution in [0.5, 0.6) is 0 Å². The van der Waals surface area contributed by atoms with Crippen LogP contribution in [0.25, 0.3) is 0 Å². The quantitative estimate of drug-likeness (QED) is 0.744. The Bertz CT molecular complexity index is 949. The van der Waals surface area contributed by atoms with E-state index in [9.17, 15) is 14.4 Å². The van der Waals surface area contributed by atoms with Crippen molar-refractivity contribution >= 4 is 11.8 Å². The molecule has 2 aromatic rings. The van der Waals surface area contributed by atoms with Crippen molar-refractivity contribution in [3.8, 4) is 0 Å². The summed E-state index contributed by atoms with van der Waals surface area (Å²) in [6.07, 6.45) is 3.28. The van der Waals surface area contributed by atoms with Crippen LogP contribution in [0.1, 0.15) is 41.7 Å². The molecule has 0 radical (unpaired) electrons. The fraction of sp³-hybridized carbons (Fsp3) is 0.500. The number of benzene rings is 1. The first kappa shape index (κ1) is 22.2. The molecule has 1 N–H and O–H groups in total. The lowest BCUT2D eigenvalue weighted by atomic mass is 9.93. The molecule has 170 valence electrons. The van der Waals surface area contributed by atoms with Crippen molar-refractivity contribution in [1.82, 2.24) is 24.9 Å². The molecule has 3 heterocycles. The Morgan fingerprint density at radius 3 is 2.47 bits per heavy atom. The molecule has 1 atom stereocenters. The third-order valence-corrected chi connectivity index (χ3v) is 6.44. The Morgan fingerprint density at radius 2 is 1.75 bits per heavy atom. The SMILES string of the molecule is O=C(CCC1CCCN(C(=O)c2ccc(=O)[nH]n2)C1)N1CCN(Cc2ccccc2)CC1. The standard InChI is InChI=1S/C24H31N5O3/c30-22-10-9-21(25-26-22)24(32)29-12-4-7-20(18-29)8-11-23(31)28-15-13-27(14-16-28)17-19-5-2-1-3-6-19/h1-3,5-6,9-10,20H,4,7-8,11-18H2,(H,26,30). The smallest absolute Gasteiger partial charge is 0.274 e. The molecule has 2 aliphatic heterocycles. The van der Waals surface area contributed by atoms with E-state index in [0.717, 1.165) is 52.0 Å². The summed E-state index contributed by atoms with van der Waals surface area (Å²) in [5.74, 6) is 0.376. The zero-order chi connectivity index (χ0) is 22.3. The molecule has 2 aliphatic rings. The van der Waals surface area contributed by atoms with Crippen LogP contribution in [0, 0.1) is 5.92 Å². The van der Waals surface area contributed by atoms with Crippen molar-refractivity contribution in [1.29, 1.82) is 0 Å². The third-order valence-electron chi connectivity index (χ3n) is 6.44. The van der Waals surface area contributed by atoms with E-state index in [0.29, 0.717) is 25.4 Å². The summed E-state index contributed by atoms with van der Waals surface area (Å²) in [5, 5.41) is 6.17. The molecule has 0 spiro atoms. The van der Waals surface area contributed by atoms with Gasteiger partial charge in [-0.15, -0.1) is 0 Å². The van der Waals surface area contributed by atoms with Crippen LogP contribution in [-0.2, 0) is 11.3 Å². The molecule has 1 aromatic carbocycles. The lowest BCUT2D eigenvalue weighted by Gasteiger charge is -2.36. The number of likely N-dealkylation sites (tertiary alicyclic amines) is 1. The summed E-state index contributed by atoms with van der Waals surface area (Å²) < 4.78 is 0. The molecule has 8 nitrogen and oxygen atoms in total. The van der Waals surface area contributed by atoms with E-state index in [1.54, 1.807) is 4.90 Å². The number of aromatic amines is 1. The van der Waals surface area contributed by atoms with Crippen LogP contribution in [0.4, 0.5) is 0 Å². The molecule has 1 unspecified atom stereocenters. The summed E-state index contributed by atoms with van der Waals surface area (Å²) in [6, 6.07) is 13.2. The highest BCUT2D eigenvalue weighted by atomic mass is 16.2. The first-order chi connectivity index (χ1) is 15.6. The molecule has 32 heavy (non-hydrogen) atoms. The second kappa shape index (κ2) is 10.5. The van der Waals surface area contributed by atoms with Gasteiger partial charge in [0.1, 0.15) is 5.69 Å². The number of aromatic nitrogens is 2. The Morgan fingerprint density at radius 1 is 0.969 bits per heavy atom. The van der Waals surface area contributed by atoms with Gasteiger partial charge in [0.15, 0.2) is 0 Å². The second-order valence-corrected chi connectivity index (χ2v) is 8.75. The van der Waals surface area contributed by atoms with Crippen molar-refractivity contribution in [3.05, 3.63) is 64.1 Å². The number of hydrogen-bond acceptors (Lipinski definition) is 5. The number of amides is 2. The number of rotatable bonds is 6. The van der Waals surface area contributed by atoms with Gasteiger partial charge in [0.05, 0.1) is 0 Å². The van der Waals surface area contributed by atoms with E-state index in [2.05, 4.69) is 39.4 Å². The Balaban J connectivity index is 1.20. The Kier molecular flexibility index (Phi) is 7.32. The second-order valence-electron chi connectivity index (χ2n) is 8.75. The molecule has 8 heteroatoms. The van der Waals surface area contributed by atoms with Gasteiger partial charge >= 0.3 is 0 Å². The predicted molar refractivity (Wildman–Crippen MR) is 121 cm³/mol. The maximum atomic E-state index is 12.8. The minimum Gasteiger partial charge on any atom is -0.340 e. The fourth-order valence-corrected chi connectivity index (χ4v) is 4.59. The van der Waals surface area contributed by atoms with Crippen molar-refractivity contribution in [2.24, 2.45) is 5.92 Å². The average molecular weight is 438 g/mol.